The SMILES string of the molecule is CC1=CCCC(N(C2=CCCC=C2)C2=CC3=C(C4CC=CC=C24)C(C)(C)c2cc4c(cc23)C(C)(C)C2c3ccccc3C(N(c3ccccc3)c3cccc(C)c3)=CC42)=C1. The van der Waals surface area contributed by atoms with E-state index in [9.17, 15) is 0 Å². The van der Waals surface area contributed by atoms with E-state index in [1.807, 2.05) is 0 Å². The summed E-state index contributed by atoms with van der Waals surface area (Å²) in [7, 11) is 0. The third-order valence-electron chi connectivity index (χ3n) is 14.8. The Kier molecular flexibility index (Phi) is 8.58. The zero-order valence-corrected chi connectivity index (χ0v) is 36.1. The maximum absolute atomic E-state index is 2.68. The molecule has 2 nitrogen and oxygen atoms in total. The fourth-order valence-corrected chi connectivity index (χ4v) is 12.2. The number of hydrogen-bond acceptors (Lipinski definition) is 2. The first-order valence-corrected chi connectivity index (χ1v) is 22.4. The molecule has 0 fully saturated rings. The number of anilines is 2. The summed E-state index contributed by atoms with van der Waals surface area (Å²) < 4.78 is 0. The van der Waals surface area contributed by atoms with Crippen molar-refractivity contribution in [3.8, 4) is 0 Å². The molecule has 3 unspecified atom stereocenters. The molecule has 0 aliphatic heterocycles. The number of allylic oxidation sites excluding steroid dienone is 15. The number of benzene rings is 4. The topological polar surface area (TPSA) is 6.48 Å². The van der Waals surface area contributed by atoms with Crippen LogP contribution in [0.4, 0.5) is 11.4 Å². The van der Waals surface area contributed by atoms with Crippen molar-refractivity contribution >= 4 is 22.6 Å². The van der Waals surface area contributed by atoms with E-state index >= 15 is 0 Å². The van der Waals surface area contributed by atoms with Crippen molar-refractivity contribution in [2.75, 3.05) is 4.90 Å². The van der Waals surface area contributed by atoms with Crippen LogP contribution in [0.1, 0.15) is 118 Å². The van der Waals surface area contributed by atoms with Crippen molar-refractivity contribution in [1.29, 1.82) is 0 Å². The molecular weight excluding hydrogens is 725 g/mol. The van der Waals surface area contributed by atoms with Gasteiger partial charge in [-0.2, -0.15) is 0 Å². The Morgan fingerprint density at radius 3 is 2.28 bits per heavy atom. The van der Waals surface area contributed by atoms with Gasteiger partial charge in [0.2, 0.25) is 0 Å². The van der Waals surface area contributed by atoms with Crippen LogP contribution in [-0.2, 0) is 10.8 Å². The Morgan fingerprint density at radius 2 is 1.48 bits per heavy atom. The second-order valence-electron chi connectivity index (χ2n) is 19.2. The lowest BCUT2D eigenvalue weighted by Crippen LogP contribution is -2.32. The van der Waals surface area contributed by atoms with Crippen LogP contribution < -0.4 is 4.90 Å². The number of nitrogens with zero attached hydrogens (tertiary/aromatic N) is 2. The zero-order chi connectivity index (χ0) is 40.9. The Hall–Kier alpha value is -5.86. The van der Waals surface area contributed by atoms with Gasteiger partial charge in [0, 0.05) is 51.5 Å². The molecule has 0 saturated heterocycles. The van der Waals surface area contributed by atoms with Crippen molar-refractivity contribution in [2.45, 2.75) is 96.3 Å². The van der Waals surface area contributed by atoms with E-state index in [1.54, 1.807) is 5.57 Å². The third kappa shape index (κ3) is 5.59. The summed E-state index contributed by atoms with van der Waals surface area (Å²) in [5.74, 6) is 0.900. The fourth-order valence-electron chi connectivity index (χ4n) is 12.2. The van der Waals surface area contributed by atoms with E-state index in [0.29, 0.717) is 11.8 Å². The van der Waals surface area contributed by atoms with Crippen molar-refractivity contribution in [2.24, 2.45) is 5.92 Å². The van der Waals surface area contributed by atoms with Crippen LogP contribution in [0.5, 0.6) is 0 Å². The molecule has 0 heterocycles. The molecule has 0 amide bonds. The lowest BCUT2D eigenvalue weighted by molar-refractivity contribution is 0.423. The average molecular weight is 781 g/mol. The summed E-state index contributed by atoms with van der Waals surface area (Å²) >= 11 is 0. The van der Waals surface area contributed by atoms with Gasteiger partial charge in [0.15, 0.2) is 0 Å². The predicted octanol–water partition coefficient (Wildman–Crippen LogP) is 15.0. The highest BCUT2D eigenvalue weighted by molar-refractivity contribution is 5.93. The van der Waals surface area contributed by atoms with Crippen molar-refractivity contribution in [1.82, 2.24) is 4.90 Å². The first kappa shape index (κ1) is 37.2. The standard InChI is InChI=1S/C58H56N2/c1-37-19-17-25-41(31-37)59(39-21-9-7-10-22-39)53-35-49-47-33-52-48(34-51(47)57(3,4)55(49)45-29-15-13-27-43(45)53)50-36-54(44-28-14-16-30-46(44)56(50)58(52,5)6)60(40-23-11-8-12-24-40)42-26-18-20-38(2)32-42/h7,9-11,13-17,19-25,27-29,31-36,46,49,55H,8,12,18,26,30H2,1-6H3. The number of fused-ring (bicyclic) bond motifs is 9. The van der Waals surface area contributed by atoms with Crippen LogP contribution in [0.25, 0.3) is 11.3 Å². The van der Waals surface area contributed by atoms with Gasteiger partial charge in [-0.1, -0.05) is 136 Å². The van der Waals surface area contributed by atoms with E-state index in [4.69, 9.17) is 0 Å². The van der Waals surface area contributed by atoms with Gasteiger partial charge in [0.05, 0.1) is 11.4 Å². The molecule has 4 aromatic rings. The molecule has 60 heavy (non-hydrogen) atoms. The van der Waals surface area contributed by atoms with Gasteiger partial charge in [0.25, 0.3) is 0 Å². The second-order valence-corrected chi connectivity index (χ2v) is 19.2. The minimum absolute atomic E-state index is 0.0815. The quantitative estimate of drug-likeness (QED) is 0.192. The normalized spacial score (nSPS) is 23.7. The molecule has 0 aromatic heterocycles. The van der Waals surface area contributed by atoms with E-state index in [-0.39, 0.29) is 16.7 Å². The maximum atomic E-state index is 2.68. The maximum Gasteiger partial charge on any atom is 0.0503 e. The van der Waals surface area contributed by atoms with Crippen LogP contribution >= 0.6 is 0 Å². The summed E-state index contributed by atoms with van der Waals surface area (Å²) in [5.41, 5.74) is 23.4. The summed E-state index contributed by atoms with van der Waals surface area (Å²) in [6.45, 7) is 14.5. The molecule has 0 radical (unpaired) electrons. The number of aryl methyl sites for hydroxylation is 1. The molecule has 4 aromatic carbocycles. The smallest absolute Gasteiger partial charge is 0.0503 e. The van der Waals surface area contributed by atoms with E-state index < -0.39 is 0 Å². The number of hydrogen-bond donors (Lipinski definition) is 0. The lowest BCUT2D eigenvalue weighted by Gasteiger charge is -2.41. The molecule has 2 heteroatoms. The zero-order valence-electron chi connectivity index (χ0n) is 36.1. The lowest BCUT2D eigenvalue weighted by atomic mass is 9.68. The van der Waals surface area contributed by atoms with Crippen molar-refractivity contribution in [3.05, 3.63) is 225 Å². The van der Waals surface area contributed by atoms with Gasteiger partial charge in [-0.05, 0) is 150 Å². The van der Waals surface area contributed by atoms with Crippen LogP contribution in [0.15, 0.2) is 186 Å². The van der Waals surface area contributed by atoms with Gasteiger partial charge in [-0.15, -0.1) is 0 Å². The summed E-state index contributed by atoms with van der Waals surface area (Å²) in [5, 5.41) is 0. The molecule has 298 valence electrons. The average Bonchev–Trinajstić information content (AvgIpc) is 3.62. The molecule has 7 aliphatic rings. The van der Waals surface area contributed by atoms with Gasteiger partial charge in [0.1, 0.15) is 0 Å². The van der Waals surface area contributed by atoms with Crippen LogP contribution in [0, 0.1) is 12.8 Å². The monoisotopic (exact) mass is 780 g/mol. The fraction of sp³-hybridized carbons (Fsp3) is 0.276. The highest BCUT2D eigenvalue weighted by atomic mass is 15.2. The Morgan fingerprint density at radius 1 is 0.667 bits per heavy atom. The van der Waals surface area contributed by atoms with E-state index in [1.165, 1.54) is 89.8 Å². The van der Waals surface area contributed by atoms with E-state index in [2.05, 4.69) is 203 Å². The highest BCUT2D eigenvalue weighted by Gasteiger charge is 2.52. The Labute approximate surface area is 357 Å². The largest absolute Gasteiger partial charge is 0.314 e. The van der Waals surface area contributed by atoms with Crippen LogP contribution in [-0.4, -0.2) is 4.90 Å². The second kappa shape index (κ2) is 13.8. The molecule has 0 N–H and O–H groups in total. The Balaban J connectivity index is 1.10. The number of para-hydroxylation sites is 1. The first-order chi connectivity index (χ1) is 29.1. The van der Waals surface area contributed by atoms with Gasteiger partial charge in [-0.3, -0.25) is 0 Å². The third-order valence-corrected chi connectivity index (χ3v) is 14.8. The minimum Gasteiger partial charge on any atom is -0.314 e. The molecular formula is C58H56N2. The van der Waals surface area contributed by atoms with Crippen molar-refractivity contribution < 1.29 is 0 Å². The Bertz CT molecular complexity index is 2770. The van der Waals surface area contributed by atoms with Crippen LogP contribution in [0.2, 0.25) is 0 Å². The molecule has 7 aliphatic carbocycles. The first-order valence-electron chi connectivity index (χ1n) is 22.4. The number of rotatable bonds is 6. The molecule has 11 rings (SSSR count). The van der Waals surface area contributed by atoms with Gasteiger partial charge < -0.3 is 9.80 Å². The molecule has 3 atom stereocenters. The van der Waals surface area contributed by atoms with E-state index in [0.717, 1.165) is 32.1 Å². The minimum atomic E-state index is -0.117. The molecule has 0 saturated carbocycles. The summed E-state index contributed by atoms with van der Waals surface area (Å²) in [6.07, 6.45) is 29.8. The molecule has 0 bridgehead atoms. The highest BCUT2D eigenvalue weighted by Crippen LogP contribution is 2.64. The van der Waals surface area contributed by atoms with Crippen LogP contribution in [0.3, 0.4) is 0 Å². The predicted molar refractivity (Wildman–Crippen MR) is 252 cm³/mol. The van der Waals surface area contributed by atoms with Gasteiger partial charge in [-0.25, -0.2) is 0 Å². The summed E-state index contributed by atoms with van der Waals surface area (Å²) in [6, 6.07) is 34.6. The molecule has 0 spiro atoms. The van der Waals surface area contributed by atoms with Gasteiger partial charge >= 0.3 is 0 Å². The summed E-state index contributed by atoms with van der Waals surface area (Å²) in [4.78, 5) is 5.14. The van der Waals surface area contributed by atoms with Crippen molar-refractivity contribution in [3.63, 3.8) is 0 Å².